The zero-order valence-electron chi connectivity index (χ0n) is 13.9. The lowest BCUT2D eigenvalue weighted by atomic mass is 10.1. The normalized spacial score (nSPS) is 17.0. The van der Waals surface area contributed by atoms with E-state index in [1.165, 1.54) is 0 Å². The van der Waals surface area contributed by atoms with Gasteiger partial charge in [-0.25, -0.2) is 4.79 Å². The lowest BCUT2D eigenvalue weighted by Gasteiger charge is -2.24. The van der Waals surface area contributed by atoms with Crippen LogP contribution in [-0.2, 0) is 16.1 Å². The smallest absolute Gasteiger partial charge is 0.408 e. The molecule has 1 unspecified atom stereocenters. The Morgan fingerprint density at radius 1 is 1.19 bits per heavy atom. The topological polar surface area (TPSA) is 95.4 Å². The number of likely N-dealkylation sites (tertiary alicyclic amines) is 1. The Labute approximate surface area is 148 Å². The predicted octanol–water partition coefficient (Wildman–Crippen LogP) is 2.25. The maximum absolute atomic E-state index is 12.7. The van der Waals surface area contributed by atoms with Crippen LogP contribution in [0.2, 0.25) is 0 Å². The second-order valence-electron chi connectivity index (χ2n) is 6.28. The van der Waals surface area contributed by atoms with Crippen molar-refractivity contribution in [3.8, 4) is 0 Å². The average Bonchev–Trinajstić information content (AvgIpc) is 3.17. The molecule has 2 heterocycles. The Balaban J connectivity index is 1.51. The van der Waals surface area contributed by atoms with E-state index in [1.807, 2.05) is 30.3 Å². The molecule has 7 heteroatoms. The third kappa shape index (κ3) is 3.11. The first-order chi connectivity index (χ1) is 12.6. The van der Waals surface area contributed by atoms with Gasteiger partial charge in [-0.15, -0.1) is 0 Å². The van der Waals surface area contributed by atoms with Crippen molar-refractivity contribution >= 4 is 28.6 Å². The summed E-state index contributed by atoms with van der Waals surface area (Å²) in [5, 5.41) is 2.83. The molecule has 0 spiro atoms. The summed E-state index contributed by atoms with van der Waals surface area (Å²) in [4.78, 5) is 40.3. The number of carbonyl (C=O) groups excluding carboxylic acids is 2. The van der Waals surface area contributed by atoms with Crippen molar-refractivity contribution in [3.05, 3.63) is 64.6 Å². The van der Waals surface area contributed by atoms with Crippen molar-refractivity contribution in [2.24, 2.45) is 0 Å². The van der Waals surface area contributed by atoms with Gasteiger partial charge in [0.25, 0.3) is 0 Å². The van der Waals surface area contributed by atoms with E-state index in [2.05, 4.69) is 10.3 Å². The van der Waals surface area contributed by atoms with E-state index in [9.17, 15) is 14.4 Å². The Morgan fingerprint density at radius 3 is 2.81 bits per heavy atom. The molecule has 1 aliphatic rings. The summed E-state index contributed by atoms with van der Waals surface area (Å²) in [6.07, 6.45) is 0.849. The van der Waals surface area contributed by atoms with Crippen LogP contribution in [0.3, 0.4) is 0 Å². The van der Waals surface area contributed by atoms with Crippen LogP contribution in [0.5, 0.6) is 0 Å². The van der Waals surface area contributed by atoms with Crippen molar-refractivity contribution in [1.29, 1.82) is 0 Å². The number of nitrogens with one attached hydrogen (secondary N) is 2. The number of carbonyl (C=O) groups is 2. The number of anilines is 1. The predicted molar refractivity (Wildman–Crippen MR) is 95.5 cm³/mol. The molecule has 1 atom stereocenters. The third-order valence-corrected chi connectivity index (χ3v) is 4.51. The Kier molecular flexibility index (Phi) is 4.04. The van der Waals surface area contributed by atoms with Gasteiger partial charge in [-0.05, 0) is 30.2 Å². The molecule has 1 saturated heterocycles. The number of amides is 2. The Morgan fingerprint density at radius 2 is 2.00 bits per heavy atom. The SMILES string of the molecule is O=C(Nc1ccc2oc(=O)[nH]c2c1)C1CCC(=O)N1Cc1ccccc1. The number of rotatable bonds is 4. The maximum atomic E-state index is 12.7. The zero-order chi connectivity index (χ0) is 18.1. The molecule has 2 amide bonds. The average molecular weight is 351 g/mol. The molecule has 7 nitrogen and oxygen atoms in total. The van der Waals surface area contributed by atoms with Crippen molar-refractivity contribution in [2.75, 3.05) is 5.32 Å². The highest BCUT2D eigenvalue weighted by atomic mass is 16.4. The minimum atomic E-state index is -0.543. The summed E-state index contributed by atoms with van der Waals surface area (Å²) in [6.45, 7) is 0.409. The summed E-state index contributed by atoms with van der Waals surface area (Å²) >= 11 is 0. The van der Waals surface area contributed by atoms with Crippen LogP contribution >= 0.6 is 0 Å². The third-order valence-electron chi connectivity index (χ3n) is 4.51. The van der Waals surface area contributed by atoms with Crippen LogP contribution in [0, 0.1) is 0 Å². The van der Waals surface area contributed by atoms with Crippen LogP contribution < -0.4 is 11.1 Å². The minimum Gasteiger partial charge on any atom is -0.408 e. The van der Waals surface area contributed by atoms with Gasteiger partial charge in [0, 0.05) is 18.7 Å². The van der Waals surface area contributed by atoms with Crippen LogP contribution in [0.25, 0.3) is 11.1 Å². The molecular weight excluding hydrogens is 334 g/mol. The molecule has 2 N–H and O–H groups in total. The molecule has 2 aromatic carbocycles. The summed E-state index contributed by atoms with van der Waals surface area (Å²) in [5.74, 6) is -0.806. The first-order valence-electron chi connectivity index (χ1n) is 8.37. The summed E-state index contributed by atoms with van der Waals surface area (Å²) in [5.41, 5.74) is 2.46. The number of aromatic amines is 1. The number of hydrogen-bond acceptors (Lipinski definition) is 4. The molecule has 3 aromatic rings. The number of H-pyrrole nitrogens is 1. The van der Waals surface area contributed by atoms with Gasteiger partial charge in [0.05, 0.1) is 5.52 Å². The maximum Gasteiger partial charge on any atom is 0.417 e. The van der Waals surface area contributed by atoms with E-state index in [4.69, 9.17) is 4.42 Å². The van der Waals surface area contributed by atoms with Gasteiger partial charge in [0.15, 0.2) is 5.58 Å². The Bertz CT molecular complexity index is 1020. The lowest BCUT2D eigenvalue weighted by molar-refractivity contribution is -0.133. The number of aromatic nitrogens is 1. The first-order valence-corrected chi connectivity index (χ1v) is 8.37. The number of benzene rings is 2. The van der Waals surface area contributed by atoms with Gasteiger partial charge in [-0.3, -0.25) is 14.6 Å². The highest BCUT2D eigenvalue weighted by Gasteiger charge is 2.35. The molecule has 26 heavy (non-hydrogen) atoms. The van der Waals surface area contributed by atoms with Gasteiger partial charge >= 0.3 is 5.76 Å². The second-order valence-corrected chi connectivity index (χ2v) is 6.28. The van der Waals surface area contributed by atoms with Crippen molar-refractivity contribution in [3.63, 3.8) is 0 Å². The van der Waals surface area contributed by atoms with E-state index in [-0.39, 0.29) is 11.8 Å². The molecule has 4 rings (SSSR count). The number of hydrogen-bond donors (Lipinski definition) is 2. The zero-order valence-corrected chi connectivity index (χ0v) is 13.9. The molecular formula is C19H17N3O4. The van der Waals surface area contributed by atoms with E-state index in [0.717, 1.165) is 5.56 Å². The molecule has 132 valence electrons. The molecule has 0 bridgehead atoms. The summed E-state index contributed by atoms with van der Waals surface area (Å²) in [7, 11) is 0. The van der Waals surface area contributed by atoms with Crippen molar-refractivity contribution in [2.45, 2.75) is 25.4 Å². The molecule has 0 radical (unpaired) electrons. The second kappa shape index (κ2) is 6.51. The van der Waals surface area contributed by atoms with E-state index >= 15 is 0 Å². The van der Waals surface area contributed by atoms with E-state index in [1.54, 1.807) is 23.1 Å². The lowest BCUT2D eigenvalue weighted by Crippen LogP contribution is -2.41. The molecule has 0 saturated carbocycles. The van der Waals surface area contributed by atoms with Crippen molar-refractivity contribution < 1.29 is 14.0 Å². The molecule has 1 aromatic heterocycles. The van der Waals surface area contributed by atoms with Gasteiger partial charge < -0.3 is 14.6 Å². The van der Waals surface area contributed by atoms with Crippen LogP contribution in [0.15, 0.2) is 57.7 Å². The first kappa shape index (κ1) is 16.1. The highest BCUT2D eigenvalue weighted by Crippen LogP contribution is 2.24. The van der Waals surface area contributed by atoms with E-state index < -0.39 is 11.8 Å². The summed E-state index contributed by atoms with van der Waals surface area (Å²) in [6, 6.07) is 14.0. The minimum absolute atomic E-state index is 0.0244. The quantitative estimate of drug-likeness (QED) is 0.754. The van der Waals surface area contributed by atoms with Gasteiger partial charge in [0.1, 0.15) is 6.04 Å². The van der Waals surface area contributed by atoms with Crippen LogP contribution in [0.1, 0.15) is 18.4 Å². The molecule has 0 aliphatic carbocycles. The molecule has 1 aliphatic heterocycles. The Hall–Kier alpha value is -3.35. The van der Waals surface area contributed by atoms with Crippen LogP contribution in [-0.4, -0.2) is 27.7 Å². The summed E-state index contributed by atoms with van der Waals surface area (Å²) < 4.78 is 4.95. The standard InChI is InChI=1S/C19H17N3O4/c23-17-9-7-15(22(17)11-12-4-2-1-3-5-12)18(24)20-13-6-8-16-14(10-13)21-19(25)26-16/h1-6,8,10,15H,7,9,11H2,(H,20,24)(H,21,25). The monoisotopic (exact) mass is 351 g/mol. The fourth-order valence-corrected chi connectivity index (χ4v) is 3.24. The van der Waals surface area contributed by atoms with Gasteiger partial charge in [-0.1, -0.05) is 30.3 Å². The highest BCUT2D eigenvalue weighted by molar-refractivity contribution is 5.99. The fraction of sp³-hybridized carbons (Fsp3) is 0.211. The van der Waals surface area contributed by atoms with Gasteiger partial charge in [0.2, 0.25) is 11.8 Å². The fourth-order valence-electron chi connectivity index (χ4n) is 3.24. The number of fused-ring (bicyclic) bond motifs is 1. The largest absolute Gasteiger partial charge is 0.417 e. The van der Waals surface area contributed by atoms with Gasteiger partial charge in [-0.2, -0.15) is 0 Å². The molecule has 1 fully saturated rings. The van der Waals surface area contributed by atoms with Crippen LogP contribution in [0.4, 0.5) is 5.69 Å². The van der Waals surface area contributed by atoms with E-state index in [0.29, 0.717) is 36.2 Å². The van der Waals surface area contributed by atoms with Crippen molar-refractivity contribution in [1.82, 2.24) is 9.88 Å². The number of oxazole rings is 1. The number of nitrogens with zero attached hydrogens (tertiary/aromatic N) is 1.